The molecule has 19 heavy (non-hydrogen) atoms. The Hall–Kier alpha value is -2.15. The van der Waals surface area contributed by atoms with Crippen molar-refractivity contribution in [2.24, 2.45) is 4.99 Å². The summed E-state index contributed by atoms with van der Waals surface area (Å²) in [4.78, 5) is 4.86. The van der Waals surface area contributed by atoms with Crippen LogP contribution in [0.5, 0.6) is 0 Å². The molecule has 92 valence electrons. The molecule has 0 radical (unpaired) electrons. The lowest BCUT2D eigenvalue weighted by atomic mass is 9.82. The molecular weight excluding hydrogens is 230 g/mol. The average Bonchev–Trinajstić information content (AvgIpc) is 3.02. The van der Waals surface area contributed by atoms with Crippen molar-refractivity contribution < 1.29 is 0 Å². The summed E-state index contributed by atoms with van der Waals surface area (Å²) in [6, 6.07) is 10.7. The standard InChI is InChI=1S/C18H15N/c1-12-17(14-6-3-2-4-7-14)16-11-10-13-8-5-9-15(13)18(16)19-12/h2-10,17H,11H2,1H3. The lowest BCUT2D eigenvalue weighted by Gasteiger charge is -2.19. The SMILES string of the molecule is CC1=NC2=C(CC=C3C=CC=C32)C1c1ccccc1. The predicted molar refractivity (Wildman–Crippen MR) is 79.2 cm³/mol. The van der Waals surface area contributed by atoms with Gasteiger partial charge in [0.25, 0.3) is 0 Å². The van der Waals surface area contributed by atoms with Crippen LogP contribution >= 0.6 is 0 Å². The largest absolute Gasteiger partial charge is 0.256 e. The molecule has 0 saturated heterocycles. The number of allylic oxidation sites excluding steroid dienone is 6. The molecule has 0 fully saturated rings. The Labute approximate surface area is 113 Å². The van der Waals surface area contributed by atoms with Gasteiger partial charge in [0.15, 0.2) is 0 Å². The van der Waals surface area contributed by atoms with E-state index in [0.717, 1.165) is 6.42 Å². The molecule has 1 aromatic carbocycles. The first-order valence-electron chi connectivity index (χ1n) is 6.77. The number of rotatable bonds is 1. The van der Waals surface area contributed by atoms with Crippen molar-refractivity contribution in [3.05, 3.63) is 82.6 Å². The van der Waals surface area contributed by atoms with Crippen LogP contribution in [-0.2, 0) is 0 Å². The van der Waals surface area contributed by atoms with E-state index in [-0.39, 0.29) is 0 Å². The minimum atomic E-state index is 0.371. The van der Waals surface area contributed by atoms with E-state index < -0.39 is 0 Å². The zero-order valence-corrected chi connectivity index (χ0v) is 10.9. The summed E-state index contributed by atoms with van der Waals surface area (Å²) in [5, 5.41) is 0. The number of nitrogens with zero attached hydrogens (tertiary/aromatic N) is 1. The molecule has 3 aliphatic rings. The van der Waals surface area contributed by atoms with Crippen molar-refractivity contribution in [1.82, 2.24) is 0 Å². The molecule has 0 N–H and O–H groups in total. The highest BCUT2D eigenvalue weighted by Gasteiger charge is 2.32. The van der Waals surface area contributed by atoms with E-state index in [1.54, 1.807) is 0 Å². The molecule has 0 aromatic heterocycles. The lowest BCUT2D eigenvalue weighted by Crippen LogP contribution is -2.09. The van der Waals surface area contributed by atoms with Crippen LogP contribution < -0.4 is 0 Å². The molecule has 1 heteroatoms. The van der Waals surface area contributed by atoms with Gasteiger partial charge in [-0.1, -0.05) is 54.6 Å². The molecule has 2 aliphatic carbocycles. The molecule has 0 spiro atoms. The Morgan fingerprint density at radius 3 is 2.84 bits per heavy atom. The van der Waals surface area contributed by atoms with E-state index >= 15 is 0 Å². The summed E-state index contributed by atoms with van der Waals surface area (Å²) >= 11 is 0. The van der Waals surface area contributed by atoms with Crippen LogP contribution in [-0.4, -0.2) is 5.71 Å². The monoisotopic (exact) mass is 245 g/mol. The fourth-order valence-corrected chi connectivity index (χ4v) is 3.28. The average molecular weight is 245 g/mol. The number of benzene rings is 1. The lowest BCUT2D eigenvalue weighted by molar-refractivity contribution is 0.976. The Morgan fingerprint density at radius 2 is 2.00 bits per heavy atom. The van der Waals surface area contributed by atoms with Crippen molar-refractivity contribution in [2.45, 2.75) is 19.3 Å². The number of hydrogen-bond acceptors (Lipinski definition) is 1. The van der Waals surface area contributed by atoms with Crippen molar-refractivity contribution in [2.75, 3.05) is 0 Å². The Bertz CT molecular complexity index is 696. The van der Waals surface area contributed by atoms with Crippen LogP contribution in [0.4, 0.5) is 0 Å². The van der Waals surface area contributed by atoms with Crippen molar-refractivity contribution in [1.29, 1.82) is 0 Å². The van der Waals surface area contributed by atoms with Gasteiger partial charge in [-0.25, -0.2) is 0 Å². The molecule has 1 aliphatic heterocycles. The van der Waals surface area contributed by atoms with Crippen molar-refractivity contribution in [3.63, 3.8) is 0 Å². The smallest absolute Gasteiger partial charge is 0.0712 e. The van der Waals surface area contributed by atoms with Gasteiger partial charge in [-0.15, -0.1) is 0 Å². The van der Waals surface area contributed by atoms with Crippen LogP contribution in [0.2, 0.25) is 0 Å². The van der Waals surface area contributed by atoms with Crippen LogP contribution in [0.25, 0.3) is 0 Å². The van der Waals surface area contributed by atoms with E-state index in [9.17, 15) is 0 Å². The zero-order chi connectivity index (χ0) is 12.8. The highest BCUT2D eigenvalue weighted by molar-refractivity contribution is 5.97. The summed E-state index contributed by atoms with van der Waals surface area (Å²) in [7, 11) is 0. The van der Waals surface area contributed by atoms with Crippen molar-refractivity contribution >= 4 is 5.71 Å². The molecule has 4 rings (SSSR count). The second-order valence-corrected chi connectivity index (χ2v) is 5.27. The Balaban J connectivity index is 1.83. The molecule has 1 aromatic rings. The van der Waals surface area contributed by atoms with E-state index in [2.05, 4.69) is 61.6 Å². The van der Waals surface area contributed by atoms with Crippen LogP contribution in [0, 0.1) is 0 Å². The predicted octanol–water partition coefficient (Wildman–Crippen LogP) is 4.33. The first-order valence-corrected chi connectivity index (χ1v) is 6.77. The van der Waals surface area contributed by atoms with Crippen LogP contribution in [0.15, 0.2) is 82.0 Å². The van der Waals surface area contributed by atoms with E-state index in [4.69, 9.17) is 4.99 Å². The summed E-state index contributed by atoms with van der Waals surface area (Å²) in [5.74, 6) is 0.371. The molecule has 1 nitrogen and oxygen atoms in total. The Morgan fingerprint density at radius 1 is 1.16 bits per heavy atom. The topological polar surface area (TPSA) is 12.4 Å². The van der Waals surface area contributed by atoms with Gasteiger partial charge in [0.2, 0.25) is 0 Å². The fraction of sp³-hybridized carbons (Fsp3) is 0.167. The molecule has 1 unspecified atom stereocenters. The first-order chi connectivity index (χ1) is 9.34. The van der Waals surface area contributed by atoms with Gasteiger partial charge in [0.05, 0.1) is 5.70 Å². The van der Waals surface area contributed by atoms with Crippen LogP contribution in [0.1, 0.15) is 24.8 Å². The molecule has 1 heterocycles. The molecule has 0 bridgehead atoms. The third-order valence-electron chi connectivity index (χ3n) is 4.14. The summed E-state index contributed by atoms with van der Waals surface area (Å²) in [6.07, 6.45) is 9.84. The normalized spacial score (nSPS) is 23.8. The van der Waals surface area contributed by atoms with Gasteiger partial charge < -0.3 is 0 Å². The maximum Gasteiger partial charge on any atom is 0.0712 e. The quantitative estimate of drug-likeness (QED) is 0.698. The summed E-state index contributed by atoms with van der Waals surface area (Å²) in [6.45, 7) is 2.15. The third kappa shape index (κ3) is 1.51. The van der Waals surface area contributed by atoms with Crippen molar-refractivity contribution in [3.8, 4) is 0 Å². The number of fused-ring (bicyclic) bond motifs is 2. The van der Waals surface area contributed by atoms with E-state index in [0.29, 0.717) is 5.92 Å². The minimum absolute atomic E-state index is 0.371. The van der Waals surface area contributed by atoms with Crippen LogP contribution in [0.3, 0.4) is 0 Å². The minimum Gasteiger partial charge on any atom is -0.256 e. The number of hydrogen-bond donors (Lipinski definition) is 0. The second kappa shape index (κ2) is 3.92. The highest BCUT2D eigenvalue weighted by atomic mass is 14.8. The molecular formula is C18H15N. The summed E-state index contributed by atoms with van der Waals surface area (Å²) < 4.78 is 0. The van der Waals surface area contributed by atoms with E-state index in [1.165, 1.54) is 33.7 Å². The van der Waals surface area contributed by atoms with Gasteiger partial charge in [-0.2, -0.15) is 0 Å². The first kappa shape index (κ1) is 10.7. The molecule has 0 saturated carbocycles. The third-order valence-corrected chi connectivity index (χ3v) is 4.14. The maximum absolute atomic E-state index is 4.86. The zero-order valence-electron chi connectivity index (χ0n) is 10.9. The second-order valence-electron chi connectivity index (χ2n) is 5.27. The highest BCUT2D eigenvalue weighted by Crippen LogP contribution is 2.45. The van der Waals surface area contributed by atoms with Gasteiger partial charge in [-0.05, 0) is 30.1 Å². The molecule has 1 atom stereocenters. The number of aliphatic imine (C=N–C) groups is 1. The van der Waals surface area contributed by atoms with Gasteiger partial charge in [0.1, 0.15) is 0 Å². The summed E-state index contributed by atoms with van der Waals surface area (Å²) in [5.41, 5.74) is 7.90. The van der Waals surface area contributed by atoms with Gasteiger partial charge >= 0.3 is 0 Å². The van der Waals surface area contributed by atoms with E-state index in [1.807, 2.05) is 0 Å². The fourth-order valence-electron chi connectivity index (χ4n) is 3.28. The Kier molecular flexibility index (Phi) is 2.22. The maximum atomic E-state index is 4.86. The van der Waals surface area contributed by atoms with Gasteiger partial charge in [-0.3, -0.25) is 4.99 Å². The molecule has 0 amide bonds. The van der Waals surface area contributed by atoms with Gasteiger partial charge in [0, 0.05) is 17.2 Å².